The first-order chi connectivity index (χ1) is 8.04. The molecule has 0 aromatic rings. The van der Waals surface area contributed by atoms with E-state index in [1.54, 1.807) is 6.92 Å². The van der Waals surface area contributed by atoms with Crippen molar-refractivity contribution in [3.63, 3.8) is 0 Å². The van der Waals surface area contributed by atoms with Gasteiger partial charge in [0.25, 0.3) is 0 Å². The van der Waals surface area contributed by atoms with Gasteiger partial charge in [-0.2, -0.15) is 0 Å². The van der Waals surface area contributed by atoms with Gasteiger partial charge >= 0.3 is 5.97 Å². The van der Waals surface area contributed by atoms with Gasteiger partial charge in [0, 0.05) is 12.2 Å². The SMILES string of the molecule is C=C(C)COCCCCCCOC(=O)C(=C)C. The second-order valence-corrected chi connectivity index (χ2v) is 4.34. The van der Waals surface area contributed by atoms with Crippen LogP contribution >= 0.6 is 0 Å². The van der Waals surface area contributed by atoms with Crippen LogP contribution in [0.5, 0.6) is 0 Å². The highest BCUT2D eigenvalue weighted by atomic mass is 16.5. The molecule has 0 saturated carbocycles. The molecule has 0 aliphatic heterocycles. The Bertz CT molecular complexity index is 256. The zero-order valence-corrected chi connectivity index (χ0v) is 11.1. The lowest BCUT2D eigenvalue weighted by Crippen LogP contribution is -2.06. The molecule has 0 atom stereocenters. The van der Waals surface area contributed by atoms with Crippen LogP contribution in [0, 0.1) is 0 Å². The molecular formula is C14H24O3. The molecule has 0 aliphatic carbocycles. The molecule has 0 aromatic heterocycles. The van der Waals surface area contributed by atoms with Crippen molar-refractivity contribution in [2.24, 2.45) is 0 Å². The van der Waals surface area contributed by atoms with Crippen molar-refractivity contribution in [1.29, 1.82) is 0 Å². The minimum Gasteiger partial charge on any atom is -0.462 e. The van der Waals surface area contributed by atoms with E-state index in [9.17, 15) is 4.79 Å². The zero-order valence-electron chi connectivity index (χ0n) is 11.1. The van der Waals surface area contributed by atoms with E-state index in [0.717, 1.165) is 37.9 Å². The summed E-state index contributed by atoms with van der Waals surface area (Å²) < 4.78 is 10.4. The summed E-state index contributed by atoms with van der Waals surface area (Å²) >= 11 is 0. The lowest BCUT2D eigenvalue weighted by atomic mass is 10.2. The van der Waals surface area contributed by atoms with E-state index in [1.165, 1.54) is 0 Å². The van der Waals surface area contributed by atoms with E-state index < -0.39 is 0 Å². The third-order valence-corrected chi connectivity index (χ3v) is 2.11. The summed E-state index contributed by atoms with van der Waals surface area (Å²) in [6.07, 6.45) is 4.10. The van der Waals surface area contributed by atoms with Crippen molar-refractivity contribution >= 4 is 5.97 Å². The maximum Gasteiger partial charge on any atom is 0.333 e. The van der Waals surface area contributed by atoms with Crippen LogP contribution in [0.15, 0.2) is 24.3 Å². The van der Waals surface area contributed by atoms with E-state index >= 15 is 0 Å². The minimum absolute atomic E-state index is 0.296. The van der Waals surface area contributed by atoms with Crippen LogP contribution in [0.1, 0.15) is 39.5 Å². The molecule has 0 aliphatic rings. The van der Waals surface area contributed by atoms with E-state index in [4.69, 9.17) is 9.47 Å². The Morgan fingerprint density at radius 3 is 2.12 bits per heavy atom. The van der Waals surface area contributed by atoms with Crippen LogP contribution in [0.3, 0.4) is 0 Å². The fourth-order valence-corrected chi connectivity index (χ4v) is 1.19. The largest absolute Gasteiger partial charge is 0.462 e. The first kappa shape index (κ1) is 15.9. The fraction of sp³-hybridized carbons (Fsp3) is 0.643. The van der Waals surface area contributed by atoms with Crippen molar-refractivity contribution in [2.75, 3.05) is 19.8 Å². The zero-order chi connectivity index (χ0) is 13.1. The Kier molecular flexibility index (Phi) is 9.44. The van der Waals surface area contributed by atoms with E-state index in [-0.39, 0.29) is 5.97 Å². The summed E-state index contributed by atoms with van der Waals surface area (Å²) in [4.78, 5) is 11.0. The number of hydrogen-bond donors (Lipinski definition) is 0. The summed E-state index contributed by atoms with van der Waals surface area (Å²) in [7, 11) is 0. The number of carbonyl (C=O) groups excluding carboxylic acids is 1. The second-order valence-electron chi connectivity index (χ2n) is 4.34. The Morgan fingerprint density at radius 1 is 1.00 bits per heavy atom. The van der Waals surface area contributed by atoms with Crippen LogP contribution < -0.4 is 0 Å². The molecule has 3 heteroatoms. The van der Waals surface area contributed by atoms with Crippen molar-refractivity contribution in [1.82, 2.24) is 0 Å². The smallest absolute Gasteiger partial charge is 0.333 e. The Hall–Kier alpha value is -1.09. The summed E-state index contributed by atoms with van der Waals surface area (Å²) in [5.74, 6) is -0.296. The molecule has 0 saturated heterocycles. The number of esters is 1. The van der Waals surface area contributed by atoms with Crippen LogP contribution in [0.25, 0.3) is 0 Å². The Balaban J connectivity index is 3.16. The molecule has 3 nitrogen and oxygen atoms in total. The molecule has 98 valence electrons. The fourth-order valence-electron chi connectivity index (χ4n) is 1.19. The van der Waals surface area contributed by atoms with Gasteiger partial charge in [0.1, 0.15) is 0 Å². The molecule has 0 N–H and O–H groups in total. The third-order valence-electron chi connectivity index (χ3n) is 2.11. The van der Waals surface area contributed by atoms with Crippen LogP contribution in [-0.4, -0.2) is 25.8 Å². The second kappa shape index (κ2) is 10.1. The van der Waals surface area contributed by atoms with Gasteiger partial charge in [0.2, 0.25) is 0 Å². The average Bonchev–Trinajstić information content (AvgIpc) is 2.25. The monoisotopic (exact) mass is 240 g/mol. The Labute approximate surface area is 104 Å². The third kappa shape index (κ3) is 11.2. The van der Waals surface area contributed by atoms with E-state index in [2.05, 4.69) is 13.2 Å². The van der Waals surface area contributed by atoms with Gasteiger partial charge in [0.05, 0.1) is 13.2 Å². The van der Waals surface area contributed by atoms with Crippen LogP contribution in [0.2, 0.25) is 0 Å². The predicted octanol–water partition coefficient (Wildman–Crippen LogP) is 3.26. The molecule has 0 aromatic carbocycles. The van der Waals surface area contributed by atoms with E-state index in [0.29, 0.717) is 18.8 Å². The highest BCUT2D eigenvalue weighted by Crippen LogP contribution is 2.02. The van der Waals surface area contributed by atoms with Gasteiger partial charge in [-0.1, -0.05) is 25.2 Å². The van der Waals surface area contributed by atoms with Gasteiger partial charge < -0.3 is 9.47 Å². The van der Waals surface area contributed by atoms with Gasteiger partial charge in [-0.25, -0.2) is 4.79 Å². The van der Waals surface area contributed by atoms with Crippen molar-refractivity contribution < 1.29 is 14.3 Å². The molecule has 0 rings (SSSR count). The van der Waals surface area contributed by atoms with Crippen LogP contribution in [0.4, 0.5) is 0 Å². The molecule has 0 unspecified atom stereocenters. The highest BCUT2D eigenvalue weighted by Gasteiger charge is 2.01. The predicted molar refractivity (Wildman–Crippen MR) is 69.9 cm³/mol. The maximum atomic E-state index is 11.0. The number of unbranched alkanes of at least 4 members (excludes halogenated alkanes) is 3. The number of ether oxygens (including phenoxy) is 2. The summed E-state index contributed by atoms with van der Waals surface area (Å²) in [6, 6.07) is 0. The lowest BCUT2D eigenvalue weighted by molar-refractivity contribution is -0.139. The normalized spacial score (nSPS) is 10.0. The molecule has 0 bridgehead atoms. The lowest BCUT2D eigenvalue weighted by Gasteiger charge is -2.05. The molecule has 0 fully saturated rings. The Morgan fingerprint density at radius 2 is 1.59 bits per heavy atom. The molecule has 17 heavy (non-hydrogen) atoms. The van der Waals surface area contributed by atoms with Crippen molar-refractivity contribution in [2.45, 2.75) is 39.5 Å². The summed E-state index contributed by atoms with van der Waals surface area (Å²) in [6.45, 7) is 12.8. The number of carbonyl (C=O) groups is 1. The van der Waals surface area contributed by atoms with Gasteiger partial charge in [-0.05, 0) is 33.1 Å². The summed E-state index contributed by atoms with van der Waals surface area (Å²) in [5.41, 5.74) is 1.51. The molecule has 0 amide bonds. The maximum absolute atomic E-state index is 11.0. The topological polar surface area (TPSA) is 35.5 Å². The van der Waals surface area contributed by atoms with Gasteiger partial charge in [-0.15, -0.1) is 0 Å². The molecule has 0 spiro atoms. The number of rotatable bonds is 10. The standard InChI is InChI=1S/C14H24O3/c1-12(2)11-16-9-7-5-6-8-10-17-14(15)13(3)4/h1,3,5-11H2,2,4H3. The number of hydrogen-bond acceptors (Lipinski definition) is 3. The van der Waals surface area contributed by atoms with Gasteiger partial charge in [0.15, 0.2) is 0 Å². The quantitative estimate of drug-likeness (QED) is 0.254. The average molecular weight is 240 g/mol. The highest BCUT2D eigenvalue weighted by molar-refractivity contribution is 5.86. The van der Waals surface area contributed by atoms with E-state index in [1.807, 2.05) is 6.92 Å². The first-order valence-corrected chi connectivity index (χ1v) is 6.08. The first-order valence-electron chi connectivity index (χ1n) is 6.08. The minimum atomic E-state index is -0.296. The van der Waals surface area contributed by atoms with Gasteiger partial charge in [-0.3, -0.25) is 0 Å². The van der Waals surface area contributed by atoms with Crippen molar-refractivity contribution in [3.05, 3.63) is 24.3 Å². The summed E-state index contributed by atoms with van der Waals surface area (Å²) in [5, 5.41) is 0. The van der Waals surface area contributed by atoms with Crippen LogP contribution in [-0.2, 0) is 14.3 Å². The molecular weight excluding hydrogens is 216 g/mol. The molecule has 0 heterocycles. The molecule has 0 radical (unpaired) electrons. The van der Waals surface area contributed by atoms with Crippen molar-refractivity contribution in [3.8, 4) is 0 Å².